The Bertz CT molecular complexity index is 434. The predicted molar refractivity (Wildman–Crippen MR) is 55.3 cm³/mol. The highest BCUT2D eigenvalue weighted by molar-refractivity contribution is 6.31. The summed E-state index contributed by atoms with van der Waals surface area (Å²) in [6.07, 6.45) is -2.13. The van der Waals surface area contributed by atoms with Crippen LogP contribution in [-0.4, -0.2) is 21.1 Å². The van der Waals surface area contributed by atoms with Gasteiger partial charge in [-0.25, -0.2) is 0 Å². The minimum Gasteiger partial charge on any atom is -0.481 e. The van der Waals surface area contributed by atoms with Crippen LogP contribution in [0.5, 0.6) is 0 Å². The number of nitro benzene ring substituents is 1. The molecule has 0 saturated carbocycles. The van der Waals surface area contributed by atoms with Gasteiger partial charge in [-0.15, -0.1) is 0 Å². The number of carbonyl (C=O) groups is 1. The van der Waals surface area contributed by atoms with Crippen molar-refractivity contribution in [3.63, 3.8) is 0 Å². The number of aliphatic hydroxyl groups is 1. The zero-order valence-electron chi connectivity index (χ0n) is 7.96. The normalized spacial score (nSPS) is 12.1. The Labute approximate surface area is 95.2 Å². The number of carboxylic acid groups (broad SMARTS) is 1. The van der Waals surface area contributed by atoms with Crippen molar-refractivity contribution < 1.29 is 19.9 Å². The maximum Gasteiger partial charge on any atom is 0.306 e. The third-order valence-corrected chi connectivity index (χ3v) is 2.26. The Morgan fingerprint density at radius 1 is 1.56 bits per heavy atom. The minimum absolute atomic E-state index is 0.0250. The van der Waals surface area contributed by atoms with Crippen molar-refractivity contribution in [2.75, 3.05) is 0 Å². The molecule has 1 unspecified atom stereocenters. The molecule has 0 bridgehead atoms. The van der Waals surface area contributed by atoms with Crippen LogP contribution in [0.4, 0.5) is 5.69 Å². The quantitative estimate of drug-likeness (QED) is 0.622. The lowest BCUT2D eigenvalue weighted by Crippen LogP contribution is -2.08. The number of nitro groups is 1. The molecule has 1 rings (SSSR count). The van der Waals surface area contributed by atoms with Crippen LogP contribution in [0.1, 0.15) is 18.1 Å². The van der Waals surface area contributed by atoms with E-state index in [1.165, 1.54) is 12.1 Å². The summed E-state index contributed by atoms with van der Waals surface area (Å²) in [4.78, 5) is 20.3. The largest absolute Gasteiger partial charge is 0.481 e. The van der Waals surface area contributed by atoms with Crippen LogP contribution in [0.15, 0.2) is 18.2 Å². The van der Waals surface area contributed by atoms with Gasteiger partial charge in [0.05, 0.1) is 28.0 Å². The van der Waals surface area contributed by atoms with E-state index in [0.717, 1.165) is 6.07 Å². The molecule has 0 saturated heterocycles. The molecule has 1 aromatic carbocycles. The molecular weight excluding hydrogens is 238 g/mol. The lowest BCUT2D eigenvalue weighted by molar-refractivity contribution is -0.386. The van der Waals surface area contributed by atoms with Crippen molar-refractivity contribution in [3.8, 4) is 0 Å². The van der Waals surface area contributed by atoms with Crippen molar-refractivity contribution in [1.29, 1.82) is 0 Å². The summed E-state index contributed by atoms with van der Waals surface area (Å²) in [5.41, 5.74) is -0.558. The number of aliphatic carboxylic acids is 1. The van der Waals surface area contributed by atoms with E-state index in [1.807, 2.05) is 0 Å². The van der Waals surface area contributed by atoms with E-state index in [2.05, 4.69) is 0 Å². The molecule has 0 aliphatic heterocycles. The van der Waals surface area contributed by atoms with Gasteiger partial charge in [-0.1, -0.05) is 17.7 Å². The molecule has 7 heteroatoms. The zero-order chi connectivity index (χ0) is 12.3. The van der Waals surface area contributed by atoms with E-state index in [0.29, 0.717) is 0 Å². The van der Waals surface area contributed by atoms with Gasteiger partial charge in [-0.2, -0.15) is 0 Å². The number of carboxylic acids is 1. The number of benzene rings is 1. The summed E-state index contributed by atoms with van der Waals surface area (Å²) < 4.78 is 0. The average molecular weight is 246 g/mol. The van der Waals surface area contributed by atoms with Crippen molar-refractivity contribution in [2.24, 2.45) is 0 Å². The van der Waals surface area contributed by atoms with Crippen LogP contribution in [0, 0.1) is 10.1 Å². The maximum atomic E-state index is 10.7. The summed E-state index contributed by atoms with van der Waals surface area (Å²) in [5.74, 6) is -1.26. The molecule has 86 valence electrons. The highest BCUT2D eigenvalue weighted by Gasteiger charge is 2.24. The number of hydrogen-bond acceptors (Lipinski definition) is 4. The molecule has 6 nitrogen and oxygen atoms in total. The summed E-state index contributed by atoms with van der Waals surface area (Å²) >= 11 is 5.69. The number of hydrogen-bond donors (Lipinski definition) is 2. The van der Waals surface area contributed by atoms with E-state index in [9.17, 15) is 20.0 Å². The molecular formula is C9H8ClNO5. The average Bonchev–Trinajstić information content (AvgIpc) is 2.15. The molecule has 2 N–H and O–H groups in total. The fourth-order valence-corrected chi connectivity index (χ4v) is 1.58. The molecule has 0 fully saturated rings. The number of rotatable bonds is 4. The van der Waals surface area contributed by atoms with Crippen molar-refractivity contribution in [2.45, 2.75) is 12.5 Å². The van der Waals surface area contributed by atoms with Crippen molar-refractivity contribution in [3.05, 3.63) is 38.9 Å². The molecule has 0 spiro atoms. The fraction of sp³-hybridized carbons (Fsp3) is 0.222. The smallest absolute Gasteiger partial charge is 0.306 e. The lowest BCUT2D eigenvalue weighted by atomic mass is 10.0. The molecule has 1 atom stereocenters. The second-order valence-corrected chi connectivity index (χ2v) is 3.45. The van der Waals surface area contributed by atoms with Gasteiger partial charge in [0.2, 0.25) is 0 Å². The second-order valence-electron chi connectivity index (χ2n) is 3.04. The SMILES string of the molecule is O=C(O)CC(O)c1c(Cl)cccc1[N+](=O)[O-]. The number of nitrogens with zero attached hydrogens (tertiary/aromatic N) is 1. The minimum atomic E-state index is -1.49. The van der Waals surface area contributed by atoms with Crippen LogP contribution in [0.2, 0.25) is 5.02 Å². The summed E-state index contributed by atoms with van der Waals surface area (Å²) in [7, 11) is 0. The van der Waals surface area contributed by atoms with E-state index >= 15 is 0 Å². The first-order valence-corrected chi connectivity index (χ1v) is 4.64. The second kappa shape index (κ2) is 4.91. The van der Waals surface area contributed by atoms with Crippen LogP contribution >= 0.6 is 11.6 Å². The van der Waals surface area contributed by atoms with Crippen molar-refractivity contribution in [1.82, 2.24) is 0 Å². The van der Waals surface area contributed by atoms with Crippen LogP contribution in [0.3, 0.4) is 0 Å². The molecule has 0 amide bonds. The van der Waals surface area contributed by atoms with E-state index in [-0.39, 0.29) is 16.3 Å². The van der Waals surface area contributed by atoms with Crippen molar-refractivity contribution >= 4 is 23.3 Å². The van der Waals surface area contributed by atoms with Crippen LogP contribution in [0.25, 0.3) is 0 Å². The summed E-state index contributed by atoms with van der Waals surface area (Å²) in [6, 6.07) is 3.87. The molecule has 0 radical (unpaired) electrons. The predicted octanol–water partition coefficient (Wildman–Crippen LogP) is 1.76. The third-order valence-electron chi connectivity index (χ3n) is 1.93. The van der Waals surface area contributed by atoms with E-state index in [4.69, 9.17) is 16.7 Å². The van der Waals surface area contributed by atoms with Gasteiger partial charge in [0.25, 0.3) is 5.69 Å². The van der Waals surface area contributed by atoms with Crippen LogP contribution < -0.4 is 0 Å². The lowest BCUT2D eigenvalue weighted by Gasteiger charge is -2.10. The first-order chi connectivity index (χ1) is 7.43. The summed E-state index contributed by atoms with van der Waals surface area (Å²) in [5, 5.41) is 28.7. The highest BCUT2D eigenvalue weighted by Crippen LogP contribution is 2.33. The van der Waals surface area contributed by atoms with E-state index in [1.54, 1.807) is 0 Å². The first-order valence-electron chi connectivity index (χ1n) is 4.26. The Morgan fingerprint density at radius 2 is 2.19 bits per heavy atom. The third kappa shape index (κ3) is 2.68. The topological polar surface area (TPSA) is 101 Å². The van der Waals surface area contributed by atoms with Gasteiger partial charge in [0.1, 0.15) is 0 Å². The molecule has 0 heterocycles. The van der Waals surface area contributed by atoms with Gasteiger partial charge in [-0.05, 0) is 6.07 Å². The highest BCUT2D eigenvalue weighted by atomic mass is 35.5. The standard InChI is InChI=1S/C9H8ClNO5/c10-5-2-1-3-6(11(15)16)9(5)7(12)4-8(13)14/h1-3,7,12H,4H2,(H,13,14). The first kappa shape index (κ1) is 12.4. The fourth-order valence-electron chi connectivity index (χ4n) is 1.28. The molecule has 0 aromatic heterocycles. The Kier molecular flexibility index (Phi) is 3.81. The Balaban J connectivity index is 3.19. The maximum absolute atomic E-state index is 10.7. The monoisotopic (exact) mass is 245 g/mol. The van der Waals surface area contributed by atoms with Gasteiger partial charge >= 0.3 is 5.97 Å². The molecule has 0 aliphatic rings. The van der Waals surface area contributed by atoms with E-state index < -0.39 is 23.4 Å². The molecule has 16 heavy (non-hydrogen) atoms. The van der Waals surface area contributed by atoms with Crippen LogP contribution in [-0.2, 0) is 4.79 Å². The number of aliphatic hydroxyl groups excluding tert-OH is 1. The van der Waals surface area contributed by atoms with Gasteiger partial charge in [-0.3, -0.25) is 14.9 Å². The number of halogens is 1. The zero-order valence-corrected chi connectivity index (χ0v) is 8.72. The van der Waals surface area contributed by atoms with Gasteiger partial charge < -0.3 is 10.2 Å². The summed E-state index contributed by atoms with van der Waals surface area (Å²) in [6.45, 7) is 0. The molecule has 0 aliphatic carbocycles. The molecule has 1 aromatic rings. The Hall–Kier alpha value is -1.66. The van der Waals surface area contributed by atoms with Gasteiger partial charge in [0.15, 0.2) is 0 Å². The Morgan fingerprint density at radius 3 is 2.69 bits per heavy atom. The van der Waals surface area contributed by atoms with Gasteiger partial charge in [0, 0.05) is 6.07 Å².